The van der Waals surface area contributed by atoms with E-state index >= 15 is 0 Å². The SMILES string of the molecule is Cc1ccccc1-c1cc(Br)no1. The molecule has 0 aliphatic heterocycles. The molecule has 0 aliphatic rings. The Balaban J connectivity index is 2.52. The first-order chi connectivity index (χ1) is 6.27. The molecule has 0 saturated heterocycles. The molecule has 2 aromatic rings. The van der Waals surface area contributed by atoms with E-state index in [0.29, 0.717) is 0 Å². The molecular formula is C10H8BrNO. The third-order valence-corrected chi connectivity index (χ3v) is 2.27. The first-order valence-corrected chi connectivity index (χ1v) is 4.75. The zero-order valence-corrected chi connectivity index (χ0v) is 8.71. The van der Waals surface area contributed by atoms with Crippen molar-refractivity contribution in [3.05, 3.63) is 40.5 Å². The second-order valence-electron chi connectivity index (χ2n) is 2.83. The Kier molecular flexibility index (Phi) is 2.19. The van der Waals surface area contributed by atoms with Gasteiger partial charge in [0.1, 0.15) is 4.60 Å². The second kappa shape index (κ2) is 3.34. The zero-order chi connectivity index (χ0) is 9.26. The van der Waals surface area contributed by atoms with Gasteiger partial charge in [-0.3, -0.25) is 0 Å². The van der Waals surface area contributed by atoms with Gasteiger partial charge in [-0.25, -0.2) is 0 Å². The highest BCUT2D eigenvalue weighted by atomic mass is 79.9. The number of benzene rings is 1. The summed E-state index contributed by atoms with van der Waals surface area (Å²) in [5.74, 6) is 0.796. The molecule has 1 aromatic heterocycles. The molecule has 0 bridgehead atoms. The lowest BCUT2D eigenvalue weighted by Crippen LogP contribution is -1.78. The molecule has 1 aromatic carbocycles. The van der Waals surface area contributed by atoms with Crippen LogP contribution in [-0.2, 0) is 0 Å². The van der Waals surface area contributed by atoms with Crippen LogP contribution in [0.1, 0.15) is 5.56 Å². The molecule has 3 heteroatoms. The average molecular weight is 238 g/mol. The fourth-order valence-corrected chi connectivity index (χ4v) is 1.51. The van der Waals surface area contributed by atoms with E-state index in [1.54, 1.807) is 0 Å². The Hall–Kier alpha value is -1.09. The molecule has 0 atom stereocenters. The van der Waals surface area contributed by atoms with Gasteiger partial charge in [0.2, 0.25) is 0 Å². The molecule has 13 heavy (non-hydrogen) atoms. The number of rotatable bonds is 1. The number of halogens is 1. The van der Waals surface area contributed by atoms with Gasteiger partial charge in [-0.2, -0.15) is 0 Å². The van der Waals surface area contributed by atoms with Gasteiger partial charge in [-0.15, -0.1) is 0 Å². The maximum Gasteiger partial charge on any atom is 0.168 e. The Morgan fingerprint density at radius 2 is 2.08 bits per heavy atom. The number of hydrogen-bond acceptors (Lipinski definition) is 2. The minimum atomic E-state index is 0.728. The topological polar surface area (TPSA) is 26.0 Å². The van der Waals surface area contributed by atoms with E-state index in [2.05, 4.69) is 21.1 Å². The zero-order valence-electron chi connectivity index (χ0n) is 7.12. The van der Waals surface area contributed by atoms with Crippen molar-refractivity contribution < 1.29 is 4.52 Å². The lowest BCUT2D eigenvalue weighted by molar-refractivity contribution is 0.427. The maximum absolute atomic E-state index is 5.13. The predicted octanol–water partition coefficient (Wildman–Crippen LogP) is 3.41. The summed E-state index contributed by atoms with van der Waals surface area (Å²) < 4.78 is 5.86. The van der Waals surface area contributed by atoms with Crippen molar-refractivity contribution in [3.63, 3.8) is 0 Å². The lowest BCUT2D eigenvalue weighted by Gasteiger charge is -1.98. The summed E-state index contributed by atoms with van der Waals surface area (Å²) in [6.07, 6.45) is 0. The van der Waals surface area contributed by atoms with Crippen LogP contribution in [0.3, 0.4) is 0 Å². The van der Waals surface area contributed by atoms with Crippen LogP contribution >= 0.6 is 15.9 Å². The quantitative estimate of drug-likeness (QED) is 0.760. The van der Waals surface area contributed by atoms with Crippen LogP contribution in [0.2, 0.25) is 0 Å². The first-order valence-electron chi connectivity index (χ1n) is 3.95. The monoisotopic (exact) mass is 237 g/mol. The van der Waals surface area contributed by atoms with E-state index in [0.717, 1.165) is 15.9 Å². The summed E-state index contributed by atoms with van der Waals surface area (Å²) in [6, 6.07) is 9.92. The highest BCUT2D eigenvalue weighted by Crippen LogP contribution is 2.25. The van der Waals surface area contributed by atoms with Gasteiger partial charge >= 0.3 is 0 Å². The Morgan fingerprint density at radius 3 is 2.69 bits per heavy atom. The van der Waals surface area contributed by atoms with Crippen LogP contribution in [0, 0.1) is 6.92 Å². The highest BCUT2D eigenvalue weighted by Gasteiger charge is 2.06. The van der Waals surface area contributed by atoms with Crippen LogP contribution in [-0.4, -0.2) is 5.16 Å². The lowest BCUT2D eigenvalue weighted by atomic mass is 10.1. The van der Waals surface area contributed by atoms with Crippen molar-refractivity contribution >= 4 is 15.9 Å². The number of nitrogens with zero attached hydrogens (tertiary/aromatic N) is 1. The van der Waals surface area contributed by atoms with Crippen molar-refractivity contribution in [3.8, 4) is 11.3 Å². The van der Waals surface area contributed by atoms with Gasteiger partial charge in [0.15, 0.2) is 5.76 Å². The van der Waals surface area contributed by atoms with Gasteiger partial charge in [0.25, 0.3) is 0 Å². The molecule has 0 fully saturated rings. The molecular weight excluding hydrogens is 230 g/mol. The van der Waals surface area contributed by atoms with Gasteiger partial charge < -0.3 is 4.52 Å². The molecule has 0 spiro atoms. The van der Waals surface area contributed by atoms with E-state index in [1.165, 1.54) is 5.56 Å². The van der Waals surface area contributed by atoms with E-state index in [1.807, 2.05) is 37.3 Å². The van der Waals surface area contributed by atoms with Crippen molar-refractivity contribution in [2.45, 2.75) is 6.92 Å². The number of hydrogen-bond donors (Lipinski definition) is 0. The molecule has 0 aliphatic carbocycles. The first kappa shape index (κ1) is 8.51. The molecule has 2 nitrogen and oxygen atoms in total. The van der Waals surface area contributed by atoms with Crippen molar-refractivity contribution in [2.24, 2.45) is 0 Å². The molecule has 0 saturated carbocycles. The van der Waals surface area contributed by atoms with Gasteiger partial charge in [-0.1, -0.05) is 29.4 Å². The largest absolute Gasteiger partial charge is 0.355 e. The van der Waals surface area contributed by atoms with Gasteiger partial charge in [0, 0.05) is 11.6 Å². The van der Waals surface area contributed by atoms with Crippen molar-refractivity contribution in [1.82, 2.24) is 5.16 Å². The van der Waals surface area contributed by atoms with E-state index < -0.39 is 0 Å². The van der Waals surface area contributed by atoms with Crippen molar-refractivity contribution in [2.75, 3.05) is 0 Å². The Labute approximate surface area is 84.7 Å². The molecule has 0 N–H and O–H groups in total. The van der Waals surface area contributed by atoms with Crippen LogP contribution in [0.15, 0.2) is 39.5 Å². The summed E-state index contributed by atoms with van der Waals surface area (Å²) in [4.78, 5) is 0. The number of aryl methyl sites for hydroxylation is 1. The summed E-state index contributed by atoms with van der Waals surface area (Å²) in [6.45, 7) is 2.05. The van der Waals surface area contributed by atoms with Gasteiger partial charge in [0.05, 0.1) is 0 Å². The Morgan fingerprint density at radius 1 is 1.31 bits per heavy atom. The minimum Gasteiger partial charge on any atom is -0.355 e. The normalized spacial score (nSPS) is 10.3. The third kappa shape index (κ3) is 1.65. The van der Waals surface area contributed by atoms with Gasteiger partial charge in [-0.05, 0) is 28.4 Å². The summed E-state index contributed by atoms with van der Waals surface area (Å²) in [7, 11) is 0. The van der Waals surface area contributed by atoms with Crippen LogP contribution < -0.4 is 0 Å². The fourth-order valence-electron chi connectivity index (χ4n) is 1.23. The fraction of sp³-hybridized carbons (Fsp3) is 0.100. The number of aromatic nitrogens is 1. The Bertz CT molecular complexity index is 422. The van der Waals surface area contributed by atoms with Crippen molar-refractivity contribution in [1.29, 1.82) is 0 Å². The van der Waals surface area contributed by atoms with E-state index in [-0.39, 0.29) is 0 Å². The summed E-state index contributed by atoms with van der Waals surface area (Å²) in [5, 5.41) is 3.78. The van der Waals surface area contributed by atoms with E-state index in [4.69, 9.17) is 4.52 Å². The maximum atomic E-state index is 5.13. The average Bonchev–Trinajstić information content (AvgIpc) is 2.53. The molecule has 66 valence electrons. The van der Waals surface area contributed by atoms with Crippen LogP contribution in [0.4, 0.5) is 0 Å². The van der Waals surface area contributed by atoms with Crippen LogP contribution in [0.25, 0.3) is 11.3 Å². The third-order valence-electron chi connectivity index (χ3n) is 1.89. The molecule has 0 amide bonds. The molecule has 2 rings (SSSR count). The smallest absolute Gasteiger partial charge is 0.168 e. The standard InChI is InChI=1S/C10H8BrNO/c1-7-4-2-3-5-8(7)9-6-10(11)12-13-9/h2-6H,1H3. The summed E-state index contributed by atoms with van der Waals surface area (Å²) in [5.41, 5.74) is 2.27. The molecule has 0 radical (unpaired) electrons. The second-order valence-corrected chi connectivity index (χ2v) is 3.64. The highest BCUT2D eigenvalue weighted by molar-refractivity contribution is 9.10. The molecule has 0 unspecified atom stereocenters. The molecule has 1 heterocycles. The van der Waals surface area contributed by atoms with Crippen LogP contribution in [0.5, 0.6) is 0 Å². The predicted molar refractivity (Wildman–Crippen MR) is 54.4 cm³/mol. The van der Waals surface area contributed by atoms with E-state index in [9.17, 15) is 0 Å². The minimum absolute atomic E-state index is 0.728. The summed E-state index contributed by atoms with van der Waals surface area (Å²) >= 11 is 3.25.